The van der Waals surface area contributed by atoms with Crippen LogP contribution in [0, 0.1) is 17.0 Å². The third-order valence-corrected chi connectivity index (χ3v) is 7.21. The number of pyridine rings is 1. The van der Waals surface area contributed by atoms with Gasteiger partial charge in [0.05, 0.1) is 16.1 Å². The highest BCUT2D eigenvalue weighted by molar-refractivity contribution is 7.13. The van der Waals surface area contributed by atoms with Crippen molar-refractivity contribution in [3.8, 4) is 0 Å². The first-order valence-corrected chi connectivity index (χ1v) is 12.0. The first-order chi connectivity index (χ1) is 17.0. The van der Waals surface area contributed by atoms with E-state index in [4.69, 9.17) is 11.6 Å². The van der Waals surface area contributed by atoms with Crippen molar-refractivity contribution in [2.75, 3.05) is 11.9 Å². The number of alkyl halides is 3. The van der Waals surface area contributed by atoms with Gasteiger partial charge in [-0.05, 0) is 31.0 Å². The number of nitrogens with one attached hydrogen (secondary N) is 1. The lowest BCUT2D eigenvalue weighted by Gasteiger charge is -2.45. The lowest BCUT2D eigenvalue weighted by Crippen LogP contribution is -2.56. The molecule has 2 aromatic heterocycles. The molecular weight excluding hydrogens is 527 g/mol. The molecule has 0 saturated carbocycles. The van der Waals surface area contributed by atoms with E-state index in [1.807, 2.05) is 0 Å². The summed E-state index contributed by atoms with van der Waals surface area (Å²) in [7, 11) is 0. The van der Waals surface area contributed by atoms with Gasteiger partial charge in [-0.1, -0.05) is 23.7 Å². The van der Waals surface area contributed by atoms with Gasteiger partial charge in [0, 0.05) is 36.7 Å². The molecule has 13 heteroatoms. The third kappa shape index (κ3) is 5.60. The summed E-state index contributed by atoms with van der Waals surface area (Å²) in [6.07, 6.45) is -4.89. The van der Waals surface area contributed by atoms with Crippen LogP contribution in [0.5, 0.6) is 0 Å². The number of hydrogen-bond acceptors (Lipinski definition) is 6. The van der Waals surface area contributed by atoms with Crippen LogP contribution in [-0.2, 0) is 17.8 Å². The molecular formula is C23H20ClF5N4O2S. The van der Waals surface area contributed by atoms with Gasteiger partial charge in [0.15, 0.2) is 5.13 Å². The molecule has 2 atom stereocenters. The molecule has 6 nitrogen and oxygen atoms in total. The number of likely N-dealkylation sites (tertiary alicyclic amines) is 1. The molecule has 4 rings (SSSR count). The number of benzene rings is 1. The number of nitrogens with zero attached hydrogens (tertiary/aromatic N) is 3. The number of aromatic nitrogens is 2. The van der Waals surface area contributed by atoms with E-state index in [9.17, 15) is 31.9 Å². The Hall–Kier alpha value is -2.83. The van der Waals surface area contributed by atoms with E-state index in [2.05, 4.69) is 15.3 Å². The van der Waals surface area contributed by atoms with E-state index >= 15 is 0 Å². The molecule has 3 heterocycles. The topological polar surface area (TPSA) is 78.3 Å². The number of hydrogen-bond donors (Lipinski definition) is 2. The number of aliphatic carboxylic acids is 1. The normalized spacial score (nSPS) is 20.9. The average Bonchev–Trinajstić information content (AvgIpc) is 3.32. The van der Waals surface area contributed by atoms with E-state index in [0.717, 1.165) is 11.0 Å². The Morgan fingerprint density at radius 2 is 2.06 bits per heavy atom. The van der Waals surface area contributed by atoms with Crippen LogP contribution in [0.2, 0.25) is 5.02 Å². The first-order valence-electron chi connectivity index (χ1n) is 10.8. The Labute approximate surface area is 211 Å². The number of rotatable bonds is 7. The molecule has 3 aromatic rings. The van der Waals surface area contributed by atoms with Gasteiger partial charge in [0.2, 0.25) is 0 Å². The molecule has 0 unspecified atom stereocenters. The predicted octanol–water partition coefficient (Wildman–Crippen LogP) is 6.05. The van der Waals surface area contributed by atoms with Crippen LogP contribution in [-0.4, -0.2) is 44.7 Å². The summed E-state index contributed by atoms with van der Waals surface area (Å²) in [5, 5.41) is 14.8. The quantitative estimate of drug-likeness (QED) is 0.351. The smallest absolute Gasteiger partial charge is 0.404 e. The molecule has 1 saturated heterocycles. The zero-order valence-electron chi connectivity index (χ0n) is 18.5. The molecule has 192 valence electrons. The number of thiazole rings is 1. The minimum Gasteiger partial charge on any atom is -0.481 e. The fraction of sp³-hybridized carbons (Fsp3) is 0.348. The SMILES string of the molecule is O=C(O)[C@]1(Cc2nc(Nc3nccs3)ccc2F)CCN(Cc2cccc(Cl)c2F)[C@@H](C(F)(F)F)C1. The Morgan fingerprint density at radius 1 is 1.28 bits per heavy atom. The zero-order chi connectivity index (χ0) is 26.1. The summed E-state index contributed by atoms with van der Waals surface area (Å²) in [5.74, 6) is -2.95. The number of halogens is 6. The van der Waals surface area contributed by atoms with Crippen molar-refractivity contribution >= 4 is 39.9 Å². The number of piperidine rings is 1. The fourth-order valence-electron chi connectivity index (χ4n) is 4.34. The van der Waals surface area contributed by atoms with Crippen LogP contribution < -0.4 is 5.32 Å². The lowest BCUT2D eigenvalue weighted by molar-refractivity contribution is -0.208. The predicted molar refractivity (Wildman–Crippen MR) is 124 cm³/mol. The molecule has 0 radical (unpaired) electrons. The van der Waals surface area contributed by atoms with E-state index in [1.165, 1.54) is 41.8 Å². The minimum absolute atomic E-state index is 0.0340. The number of carbonyl (C=O) groups is 1. The van der Waals surface area contributed by atoms with Crippen molar-refractivity contribution in [1.82, 2.24) is 14.9 Å². The Morgan fingerprint density at radius 3 is 2.72 bits per heavy atom. The van der Waals surface area contributed by atoms with Gasteiger partial charge < -0.3 is 10.4 Å². The van der Waals surface area contributed by atoms with Crippen LogP contribution in [0.1, 0.15) is 24.1 Å². The van der Waals surface area contributed by atoms with E-state index < -0.39 is 54.6 Å². The summed E-state index contributed by atoms with van der Waals surface area (Å²) in [6.45, 7) is -0.715. The average molecular weight is 547 g/mol. The van der Waals surface area contributed by atoms with Gasteiger partial charge in [-0.3, -0.25) is 9.69 Å². The number of carboxylic acids is 1. The van der Waals surface area contributed by atoms with Gasteiger partial charge in [0.1, 0.15) is 23.5 Å². The number of anilines is 2. The minimum atomic E-state index is -4.81. The van der Waals surface area contributed by atoms with Gasteiger partial charge in [-0.15, -0.1) is 11.3 Å². The Bertz CT molecular complexity index is 1240. The van der Waals surface area contributed by atoms with E-state index in [0.29, 0.717) is 5.13 Å². The molecule has 36 heavy (non-hydrogen) atoms. The molecule has 0 spiro atoms. The van der Waals surface area contributed by atoms with Crippen LogP contribution >= 0.6 is 22.9 Å². The molecule has 0 amide bonds. The largest absolute Gasteiger partial charge is 0.481 e. The van der Waals surface area contributed by atoms with E-state index in [1.54, 1.807) is 5.38 Å². The second-order valence-electron chi connectivity index (χ2n) is 8.54. The van der Waals surface area contributed by atoms with E-state index in [-0.39, 0.29) is 35.1 Å². The fourth-order valence-corrected chi connectivity index (χ4v) is 5.07. The first kappa shape index (κ1) is 26.2. The maximum Gasteiger partial charge on any atom is 0.404 e. The molecule has 1 aliphatic heterocycles. The van der Waals surface area contributed by atoms with Gasteiger partial charge in [0.25, 0.3) is 0 Å². The highest BCUT2D eigenvalue weighted by Crippen LogP contribution is 2.44. The van der Waals surface area contributed by atoms with Crippen molar-refractivity contribution in [2.24, 2.45) is 5.41 Å². The van der Waals surface area contributed by atoms with Gasteiger partial charge >= 0.3 is 12.1 Å². The summed E-state index contributed by atoms with van der Waals surface area (Å²) in [6, 6.07) is 4.25. The second kappa shape index (κ2) is 10.3. The Balaban J connectivity index is 1.61. The molecule has 1 aliphatic rings. The monoisotopic (exact) mass is 546 g/mol. The standard InChI is InChI=1S/C23H20ClF5N4O2S/c24-14-3-1-2-13(19(14)26)12-33-8-6-22(20(34)35,11-17(33)23(27,28)29)10-16-15(25)4-5-18(31-16)32-21-30-7-9-36-21/h1-5,7,9,17H,6,8,10-12H2,(H,34,35)(H,30,31,32)/t17-,22+/m1/s1. The molecule has 0 aliphatic carbocycles. The van der Waals surface area contributed by atoms with Crippen LogP contribution in [0.3, 0.4) is 0 Å². The van der Waals surface area contributed by atoms with Crippen LogP contribution in [0.4, 0.5) is 32.9 Å². The molecule has 1 aromatic carbocycles. The number of carboxylic acid groups (broad SMARTS) is 1. The highest BCUT2D eigenvalue weighted by atomic mass is 35.5. The lowest BCUT2D eigenvalue weighted by atomic mass is 9.71. The van der Waals surface area contributed by atoms with Crippen molar-refractivity contribution in [3.63, 3.8) is 0 Å². The third-order valence-electron chi connectivity index (χ3n) is 6.23. The summed E-state index contributed by atoms with van der Waals surface area (Å²) in [5.41, 5.74) is -2.24. The maximum absolute atomic E-state index is 14.6. The van der Waals surface area contributed by atoms with Crippen LogP contribution in [0.25, 0.3) is 0 Å². The summed E-state index contributed by atoms with van der Waals surface area (Å²) >= 11 is 7.02. The van der Waals surface area contributed by atoms with Crippen molar-refractivity contribution < 1.29 is 31.9 Å². The van der Waals surface area contributed by atoms with Crippen molar-refractivity contribution in [3.05, 3.63) is 69.8 Å². The van der Waals surface area contributed by atoms with Crippen molar-refractivity contribution in [1.29, 1.82) is 0 Å². The highest BCUT2D eigenvalue weighted by Gasteiger charge is 2.54. The summed E-state index contributed by atoms with van der Waals surface area (Å²) < 4.78 is 71.3. The van der Waals surface area contributed by atoms with Gasteiger partial charge in [-0.2, -0.15) is 13.2 Å². The Kier molecular flexibility index (Phi) is 7.48. The second-order valence-corrected chi connectivity index (χ2v) is 9.85. The van der Waals surface area contributed by atoms with Crippen LogP contribution in [0.15, 0.2) is 41.9 Å². The molecule has 2 N–H and O–H groups in total. The summed E-state index contributed by atoms with van der Waals surface area (Å²) in [4.78, 5) is 21.5. The zero-order valence-corrected chi connectivity index (χ0v) is 20.1. The van der Waals surface area contributed by atoms with Gasteiger partial charge in [-0.25, -0.2) is 18.7 Å². The molecule has 1 fully saturated rings. The van der Waals surface area contributed by atoms with Crippen molar-refractivity contribution in [2.45, 2.75) is 38.0 Å². The molecule has 0 bridgehead atoms. The maximum atomic E-state index is 14.6.